The number of aromatic nitrogens is 1. The molecule has 0 spiro atoms. The maximum atomic E-state index is 4.98. The van der Waals surface area contributed by atoms with Crippen molar-refractivity contribution in [2.75, 3.05) is 0 Å². The van der Waals surface area contributed by atoms with Crippen LogP contribution in [0.25, 0.3) is 42.3 Å². The van der Waals surface area contributed by atoms with E-state index >= 15 is 0 Å². The number of hydrogen-bond acceptors (Lipinski definition) is 2. The molecule has 0 amide bonds. The van der Waals surface area contributed by atoms with Crippen LogP contribution in [0.5, 0.6) is 0 Å². The first-order chi connectivity index (χ1) is 11.4. The van der Waals surface area contributed by atoms with E-state index in [4.69, 9.17) is 4.98 Å². The summed E-state index contributed by atoms with van der Waals surface area (Å²) in [6.07, 6.45) is 0. The van der Waals surface area contributed by atoms with Gasteiger partial charge < -0.3 is 0 Å². The summed E-state index contributed by atoms with van der Waals surface area (Å²) >= 11 is 1.76. The van der Waals surface area contributed by atoms with Gasteiger partial charge in [0.1, 0.15) is 5.01 Å². The summed E-state index contributed by atoms with van der Waals surface area (Å²) in [5.74, 6) is 0. The Balaban J connectivity index is 1.92. The van der Waals surface area contributed by atoms with Crippen molar-refractivity contribution in [3.8, 4) is 10.6 Å². The van der Waals surface area contributed by atoms with Gasteiger partial charge in [0.25, 0.3) is 0 Å². The molecule has 1 aromatic heterocycles. The zero-order valence-corrected chi connectivity index (χ0v) is 13.2. The van der Waals surface area contributed by atoms with E-state index in [1.165, 1.54) is 31.8 Å². The first kappa shape index (κ1) is 12.8. The molecule has 0 radical (unpaired) electrons. The highest BCUT2D eigenvalue weighted by Crippen LogP contribution is 2.37. The van der Waals surface area contributed by atoms with E-state index in [0.717, 1.165) is 10.5 Å². The second-order valence-electron chi connectivity index (χ2n) is 5.68. The third-order valence-corrected chi connectivity index (χ3v) is 5.36. The minimum atomic E-state index is 1.08. The van der Waals surface area contributed by atoms with Crippen molar-refractivity contribution in [3.63, 3.8) is 0 Å². The first-order valence-corrected chi connectivity index (χ1v) is 8.48. The largest absolute Gasteiger partial charge is 0.235 e. The summed E-state index contributed by atoms with van der Waals surface area (Å²) in [6.45, 7) is 0. The lowest BCUT2D eigenvalue weighted by Crippen LogP contribution is -1.80. The number of fused-ring (bicyclic) bond motifs is 5. The zero-order chi connectivity index (χ0) is 15.2. The first-order valence-electron chi connectivity index (χ1n) is 7.66. The van der Waals surface area contributed by atoms with Gasteiger partial charge in [-0.25, -0.2) is 4.98 Å². The molecule has 5 rings (SSSR count). The highest BCUT2D eigenvalue weighted by atomic mass is 32.1. The van der Waals surface area contributed by atoms with Crippen molar-refractivity contribution in [2.24, 2.45) is 0 Å². The van der Waals surface area contributed by atoms with E-state index in [1.807, 2.05) is 6.07 Å². The summed E-state index contributed by atoms with van der Waals surface area (Å²) in [5, 5.41) is 6.14. The molecule has 0 saturated heterocycles. The Bertz CT molecular complexity index is 1160. The molecule has 2 heteroatoms. The van der Waals surface area contributed by atoms with Crippen molar-refractivity contribution >= 4 is 43.1 Å². The molecule has 0 unspecified atom stereocenters. The van der Waals surface area contributed by atoms with Crippen LogP contribution in [0.15, 0.2) is 78.9 Å². The monoisotopic (exact) mass is 311 g/mol. The molecule has 0 saturated carbocycles. The van der Waals surface area contributed by atoms with Gasteiger partial charge in [-0.3, -0.25) is 0 Å². The molecule has 0 N–H and O–H groups in total. The molecule has 0 aliphatic heterocycles. The Morgan fingerprint density at radius 2 is 1.39 bits per heavy atom. The molecule has 23 heavy (non-hydrogen) atoms. The molecular formula is C21H13NS. The normalized spacial score (nSPS) is 11.5. The Morgan fingerprint density at radius 3 is 2.30 bits per heavy atom. The van der Waals surface area contributed by atoms with Crippen molar-refractivity contribution in [3.05, 3.63) is 78.9 Å². The summed E-state index contributed by atoms with van der Waals surface area (Å²) in [4.78, 5) is 4.98. The second kappa shape index (κ2) is 4.90. The van der Waals surface area contributed by atoms with Gasteiger partial charge in [0.2, 0.25) is 0 Å². The van der Waals surface area contributed by atoms with Crippen LogP contribution in [0.2, 0.25) is 0 Å². The Hall–Kier alpha value is -2.71. The van der Waals surface area contributed by atoms with Crippen molar-refractivity contribution in [1.82, 2.24) is 4.98 Å². The minimum absolute atomic E-state index is 1.08. The predicted octanol–water partition coefficient (Wildman–Crippen LogP) is 6.27. The molecule has 0 fully saturated rings. The Kier molecular flexibility index (Phi) is 2.73. The third-order valence-electron chi connectivity index (χ3n) is 4.29. The quantitative estimate of drug-likeness (QED) is 0.332. The second-order valence-corrected chi connectivity index (χ2v) is 6.71. The minimum Gasteiger partial charge on any atom is -0.235 e. The van der Waals surface area contributed by atoms with E-state index in [2.05, 4.69) is 72.8 Å². The standard InChI is InChI=1S/C21H13NS/c1-2-7-16(8-3-1)21-22-20-18(23-21)13-12-15-11-10-14-6-4-5-9-17(14)19(15)20/h1-13H. The number of thiazole rings is 1. The zero-order valence-electron chi connectivity index (χ0n) is 12.4. The molecule has 5 aromatic rings. The Labute approximate surface area is 137 Å². The lowest BCUT2D eigenvalue weighted by molar-refractivity contribution is 1.49. The van der Waals surface area contributed by atoms with Crippen LogP contribution in [0, 0.1) is 0 Å². The summed E-state index contributed by atoms with van der Waals surface area (Å²) in [6, 6.07) is 27.7. The average molecular weight is 311 g/mol. The van der Waals surface area contributed by atoms with Gasteiger partial charge in [-0.2, -0.15) is 0 Å². The lowest BCUT2D eigenvalue weighted by atomic mass is 10.0. The van der Waals surface area contributed by atoms with Gasteiger partial charge in [-0.05, 0) is 22.2 Å². The van der Waals surface area contributed by atoms with Gasteiger partial charge in [0.05, 0.1) is 10.2 Å². The van der Waals surface area contributed by atoms with Crippen LogP contribution in [0.3, 0.4) is 0 Å². The number of benzene rings is 4. The lowest BCUT2D eigenvalue weighted by Gasteiger charge is -2.04. The maximum Gasteiger partial charge on any atom is 0.124 e. The van der Waals surface area contributed by atoms with Crippen LogP contribution in [0.4, 0.5) is 0 Å². The SMILES string of the molecule is c1ccc(-c2nc3c(ccc4ccc5ccccc5c43)s2)cc1. The maximum absolute atomic E-state index is 4.98. The summed E-state index contributed by atoms with van der Waals surface area (Å²) < 4.78 is 1.24. The highest BCUT2D eigenvalue weighted by Gasteiger charge is 2.11. The Morgan fingerprint density at radius 1 is 0.652 bits per heavy atom. The molecule has 0 aliphatic rings. The molecule has 1 heterocycles. The van der Waals surface area contributed by atoms with Gasteiger partial charge in [-0.1, -0.05) is 72.8 Å². The van der Waals surface area contributed by atoms with Crippen LogP contribution < -0.4 is 0 Å². The van der Waals surface area contributed by atoms with E-state index in [-0.39, 0.29) is 0 Å². The smallest absolute Gasteiger partial charge is 0.124 e. The van der Waals surface area contributed by atoms with Gasteiger partial charge in [-0.15, -0.1) is 11.3 Å². The van der Waals surface area contributed by atoms with Crippen LogP contribution in [0.1, 0.15) is 0 Å². The number of hydrogen-bond donors (Lipinski definition) is 0. The molecule has 0 aliphatic carbocycles. The highest BCUT2D eigenvalue weighted by molar-refractivity contribution is 7.21. The molecule has 0 bridgehead atoms. The summed E-state index contributed by atoms with van der Waals surface area (Å²) in [5.41, 5.74) is 2.30. The fourth-order valence-electron chi connectivity index (χ4n) is 3.19. The van der Waals surface area contributed by atoms with Gasteiger partial charge >= 0.3 is 0 Å². The van der Waals surface area contributed by atoms with Crippen LogP contribution >= 0.6 is 11.3 Å². The fourth-order valence-corrected chi connectivity index (χ4v) is 4.16. The van der Waals surface area contributed by atoms with Crippen molar-refractivity contribution in [2.45, 2.75) is 0 Å². The number of nitrogens with zero attached hydrogens (tertiary/aromatic N) is 1. The average Bonchev–Trinajstić information content (AvgIpc) is 3.06. The van der Waals surface area contributed by atoms with E-state index in [0.29, 0.717) is 0 Å². The van der Waals surface area contributed by atoms with E-state index < -0.39 is 0 Å². The molecule has 4 aromatic carbocycles. The van der Waals surface area contributed by atoms with E-state index in [9.17, 15) is 0 Å². The van der Waals surface area contributed by atoms with Gasteiger partial charge in [0, 0.05) is 10.9 Å². The third kappa shape index (κ3) is 1.96. The molecule has 1 nitrogen and oxygen atoms in total. The molecular weight excluding hydrogens is 298 g/mol. The molecule has 0 atom stereocenters. The van der Waals surface area contributed by atoms with Gasteiger partial charge in [0.15, 0.2) is 0 Å². The van der Waals surface area contributed by atoms with Crippen LogP contribution in [-0.2, 0) is 0 Å². The number of rotatable bonds is 1. The van der Waals surface area contributed by atoms with Crippen molar-refractivity contribution in [1.29, 1.82) is 0 Å². The molecule has 108 valence electrons. The topological polar surface area (TPSA) is 12.9 Å². The summed E-state index contributed by atoms with van der Waals surface area (Å²) in [7, 11) is 0. The van der Waals surface area contributed by atoms with Crippen molar-refractivity contribution < 1.29 is 0 Å². The fraction of sp³-hybridized carbons (Fsp3) is 0. The predicted molar refractivity (Wildman–Crippen MR) is 100 cm³/mol. The van der Waals surface area contributed by atoms with Crippen LogP contribution in [-0.4, -0.2) is 4.98 Å². The van der Waals surface area contributed by atoms with E-state index in [1.54, 1.807) is 11.3 Å².